The van der Waals surface area contributed by atoms with Gasteiger partial charge in [0.25, 0.3) is 0 Å². The molecule has 5 rings (SSSR count). The first kappa shape index (κ1) is 27.5. The number of nitrogens with zero attached hydrogens (tertiary/aromatic N) is 2. The number of aliphatic hydroxyl groups is 1. The van der Waals surface area contributed by atoms with Gasteiger partial charge in [0.05, 0.1) is 17.7 Å². The number of likely N-dealkylation sites (tertiary alicyclic amines) is 2. The molecule has 4 atom stereocenters. The monoisotopic (exact) mass is 545 g/mol. The number of amides is 2. The van der Waals surface area contributed by atoms with Crippen molar-refractivity contribution in [3.8, 4) is 5.75 Å². The second-order valence-corrected chi connectivity index (χ2v) is 10.8. The molecule has 39 heavy (non-hydrogen) atoms. The van der Waals surface area contributed by atoms with E-state index in [4.69, 9.17) is 0 Å². The van der Waals surface area contributed by atoms with Gasteiger partial charge in [0.15, 0.2) is 0 Å². The molecule has 2 aliphatic heterocycles. The first-order valence-electron chi connectivity index (χ1n) is 13.6. The molecule has 0 spiro atoms. The minimum atomic E-state index is -4.74. The van der Waals surface area contributed by atoms with Crippen molar-refractivity contribution in [1.29, 1.82) is 0 Å². The van der Waals surface area contributed by atoms with Crippen molar-refractivity contribution in [3.05, 3.63) is 65.7 Å². The maximum absolute atomic E-state index is 13.6. The van der Waals surface area contributed by atoms with E-state index in [9.17, 15) is 27.9 Å². The largest absolute Gasteiger partial charge is 0.573 e. The van der Waals surface area contributed by atoms with E-state index in [0.29, 0.717) is 38.9 Å². The number of carbonyl (C=O) groups is 2. The summed E-state index contributed by atoms with van der Waals surface area (Å²) in [6.45, 7) is 1.77. The second kappa shape index (κ2) is 11.2. The van der Waals surface area contributed by atoms with Crippen molar-refractivity contribution in [3.63, 3.8) is 0 Å². The van der Waals surface area contributed by atoms with Crippen LogP contribution in [0, 0.1) is 0 Å². The van der Waals surface area contributed by atoms with Crippen molar-refractivity contribution in [2.24, 2.45) is 0 Å². The zero-order valence-corrected chi connectivity index (χ0v) is 21.7. The maximum Gasteiger partial charge on any atom is 0.573 e. The van der Waals surface area contributed by atoms with Gasteiger partial charge in [0.1, 0.15) is 11.8 Å². The van der Waals surface area contributed by atoms with Crippen LogP contribution in [0.15, 0.2) is 54.6 Å². The van der Waals surface area contributed by atoms with Crippen LogP contribution in [0.25, 0.3) is 0 Å². The smallest absolute Gasteiger partial charge is 0.406 e. The van der Waals surface area contributed by atoms with Crippen molar-refractivity contribution in [1.82, 2.24) is 15.1 Å². The summed E-state index contributed by atoms with van der Waals surface area (Å²) in [5.74, 6) is -0.503. The number of aliphatic hydroxyl groups excluding tert-OH is 1. The number of fused-ring (bicyclic) bond motifs is 1. The van der Waals surface area contributed by atoms with Crippen LogP contribution in [-0.2, 0) is 22.6 Å². The molecule has 2 amide bonds. The normalized spacial score (nSPS) is 27.0. The number of nitrogens with one attached hydrogen (secondary N) is 1. The minimum Gasteiger partial charge on any atom is -0.406 e. The van der Waals surface area contributed by atoms with Crippen LogP contribution in [-0.4, -0.2) is 69.9 Å². The van der Waals surface area contributed by atoms with E-state index < -0.39 is 24.0 Å². The van der Waals surface area contributed by atoms with E-state index in [1.165, 1.54) is 24.3 Å². The molecule has 2 heterocycles. The molecule has 210 valence electrons. The first-order chi connectivity index (χ1) is 18.6. The van der Waals surface area contributed by atoms with Crippen LogP contribution in [0.2, 0.25) is 0 Å². The molecule has 3 aliphatic rings. The number of benzene rings is 2. The Morgan fingerprint density at radius 2 is 1.74 bits per heavy atom. The molecule has 2 aromatic carbocycles. The van der Waals surface area contributed by atoms with E-state index in [0.717, 1.165) is 30.4 Å². The fourth-order valence-electron chi connectivity index (χ4n) is 6.53. The van der Waals surface area contributed by atoms with Crippen LogP contribution in [0.5, 0.6) is 5.75 Å². The number of aryl methyl sites for hydroxylation is 1. The average molecular weight is 546 g/mol. The lowest BCUT2D eigenvalue weighted by atomic mass is 9.92. The molecule has 2 saturated heterocycles. The Hall–Kier alpha value is -3.11. The second-order valence-electron chi connectivity index (χ2n) is 10.8. The van der Waals surface area contributed by atoms with E-state index in [1.807, 2.05) is 40.1 Å². The van der Waals surface area contributed by atoms with Gasteiger partial charge in [-0.1, -0.05) is 42.5 Å². The Morgan fingerprint density at radius 3 is 2.46 bits per heavy atom. The molecule has 2 aromatic rings. The van der Waals surface area contributed by atoms with Gasteiger partial charge in [-0.2, -0.15) is 0 Å². The molecule has 3 fully saturated rings. The topological polar surface area (TPSA) is 82.1 Å². The Bertz CT molecular complexity index is 1160. The lowest BCUT2D eigenvalue weighted by Crippen LogP contribution is -2.59. The highest BCUT2D eigenvalue weighted by Gasteiger charge is 2.53. The SMILES string of the molecule is O=C(N[C@@]12CCC[C@@H]1N(C(=O)CCc1ccc(OC(F)(F)F)cc1)CC2)[C@@H]1[C@@H](O)CCN1Cc1ccccc1. The van der Waals surface area contributed by atoms with E-state index in [-0.39, 0.29) is 30.0 Å². The van der Waals surface area contributed by atoms with Gasteiger partial charge in [0.2, 0.25) is 11.8 Å². The number of halogens is 3. The summed E-state index contributed by atoms with van der Waals surface area (Å²) in [4.78, 5) is 30.6. The summed E-state index contributed by atoms with van der Waals surface area (Å²) in [5.41, 5.74) is 1.34. The van der Waals surface area contributed by atoms with E-state index in [2.05, 4.69) is 10.1 Å². The summed E-state index contributed by atoms with van der Waals surface area (Å²) >= 11 is 0. The lowest BCUT2D eigenvalue weighted by Gasteiger charge is -2.36. The van der Waals surface area contributed by atoms with Gasteiger partial charge < -0.3 is 20.1 Å². The molecule has 0 aromatic heterocycles. The summed E-state index contributed by atoms with van der Waals surface area (Å²) in [5, 5.41) is 14.0. The van der Waals surface area contributed by atoms with Crippen LogP contribution in [0.1, 0.15) is 49.7 Å². The van der Waals surface area contributed by atoms with Crippen LogP contribution in [0.3, 0.4) is 0 Å². The summed E-state index contributed by atoms with van der Waals surface area (Å²) < 4.78 is 41.1. The molecular weight excluding hydrogens is 511 g/mol. The highest BCUT2D eigenvalue weighted by molar-refractivity contribution is 5.84. The lowest BCUT2D eigenvalue weighted by molar-refractivity contribution is -0.274. The van der Waals surface area contributed by atoms with E-state index in [1.54, 1.807) is 0 Å². The van der Waals surface area contributed by atoms with Gasteiger partial charge >= 0.3 is 6.36 Å². The molecular formula is C29H34F3N3O4. The zero-order chi connectivity index (χ0) is 27.6. The summed E-state index contributed by atoms with van der Waals surface area (Å²) in [6.07, 6.45) is -1.16. The Morgan fingerprint density at radius 1 is 1.00 bits per heavy atom. The summed E-state index contributed by atoms with van der Waals surface area (Å²) in [6, 6.07) is 14.7. The number of ether oxygens (including phenoxy) is 1. The van der Waals surface area contributed by atoms with Crippen LogP contribution < -0.4 is 10.1 Å². The number of hydrogen-bond donors (Lipinski definition) is 2. The molecule has 0 bridgehead atoms. The number of alkyl halides is 3. The third kappa shape index (κ3) is 6.22. The number of carbonyl (C=O) groups excluding carboxylic acids is 2. The molecule has 0 unspecified atom stereocenters. The zero-order valence-electron chi connectivity index (χ0n) is 21.7. The molecule has 1 saturated carbocycles. The average Bonchev–Trinajstić information content (AvgIpc) is 3.56. The highest BCUT2D eigenvalue weighted by Crippen LogP contribution is 2.42. The van der Waals surface area contributed by atoms with Crippen molar-refractivity contribution in [2.45, 2.75) is 81.6 Å². The van der Waals surface area contributed by atoms with Crippen molar-refractivity contribution < 1.29 is 32.6 Å². The van der Waals surface area contributed by atoms with Gasteiger partial charge in [-0.3, -0.25) is 14.5 Å². The molecule has 2 N–H and O–H groups in total. The number of hydrogen-bond acceptors (Lipinski definition) is 5. The summed E-state index contributed by atoms with van der Waals surface area (Å²) in [7, 11) is 0. The van der Waals surface area contributed by atoms with Crippen molar-refractivity contribution >= 4 is 11.8 Å². The van der Waals surface area contributed by atoms with Crippen molar-refractivity contribution in [2.75, 3.05) is 13.1 Å². The Kier molecular flexibility index (Phi) is 7.87. The predicted molar refractivity (Wildman–Crippen MR) is 138 cm³/mol. The Labute approximate surface area is 225 Å². The van der Waals surface area contributed by atoms with Crippen LogP contribution in [0.4, 0.5) is 13.2 Å². The molecule has 1 aliphatic carbocycles. The van der Waals surface area contributed by atoms with Gasteiger partial charge in [-0.05, 0) is 61.8 Å². The number of rotatable bonds is 8. The third-order valence-corrected chi connectivity index (χ3v) is 8.36. The Balaban J connectivity index is 1.19. The van der Waals surface area contributed by atoms with Gasteiger partial charge in [-0.25, -0.2) is 0 Å². The first-order valence-corrected chi connectivity index (χ1v) is 13.6. The molecule has 10 heteroatoms. The quantitative estimate of drug-likeness (QED) is 0.528. The minimum absolute atomic E-state index is 0.0275. The maximum atomic E-state index is 13.6. The van der Waals surface area contributed by atoms with Gasteiger partial charge in [0, 0.05) is 26.1 Å². The standard InChI is InChI=1S/C29H34F3N3O4/c30-29(31,32)39-22-11-8-20(9-12-22)10-13-25(37)35-18-16-28(15-4-7-24(28)35)33-27(38)26-23(36)14-17-34(26)19-21-5-2-1-3-6-21/h1-3,5-6,8-9,11-12,23-24,26,36H,4,7,10,13-19H2,(H,33,38)/t23-,24-,26-,28+/m0/s1. The molecule has 7 nitrogen and oxygen atoms in total. The fourth-order valence-corrected chi connectivity index (χ4v) is 6.53. The highest BCUT2D eigenvalue weighted by atomic mass is 19.4. The third-order valence-electron chi connectivity index (χ3n) is 8.36. The fraction of sp³-hybridized carbons (Fsp3) is 0.517. The predicted octanol–water partition coefficient (Wildman–Crippen LogP) is 3.79. The van der Waals surface area contributed by atoms with Crippen LogP contribution >= 0.6 is 0 Å². The van der Waals surface area contributed by atoms with Gasteiger partial charge in [-0.15, -0.1) is 13.2 Å². The van der Waals surface area contributed by atoms with E-state index >= 15 is 0 Å². The molecule has 0 radical (unpaired) electrons.